The average molecular weight is 379 g/mol. The molecule has 27 heavy (non-hydrogen) atoms. The first-order valence-electron chi connectivity index (χ1n) is 8.63. The van der Waals surface area contributed by atoms with Crippen molar-refractivity contribution >= 4 is 38.4 Å². The van der Waals surface area contributed by atoms with Crippen LogP contribution in [-0.4, -0.2) is 20.9 Å². The van der Waals surface area contributed by atoms with Gasteiger partial charge in [-0.25, -0.2) is 9.97 Å². The number of thiazole rings is 1. The Morgan fingerprint density at radius 2 is 1.85 bits per heavy atom. The van der Waals surface area contributed by atoms with Crippen LogP contribution in [0.5, 0.6) is 0 Å². The number of benzene rings is 2. The van der Waals surface area contributed by atoms with Crippen LogP contribution in [0.15, 0.2) is 53.3 Å². The fraction of sp³-hybridized carbons (Fsp3) is 0.200. The van der Waals surface area contributed by atoms with Crippen molar-refractivity contribution in [2.75, 3.05) is 0 Å². The number of aromatic amines is 1. The van der Waals surface area contributed by atoms with Gasteiger partial charge >= 0.3 is 5.97 Å². The van der Waals surface area contributed by atoms with E-state index in [0.29, 0.717) is 23.1 Å². The highest BCUT2D eigenvalue weighted by Crippen LogP contribution is 2.23. The largest absolute Gasteiger partial charge is 0.454 e. The molecule has 0 radical (unpaired) electrons. The highest BCUT2D eigenvalue weighted by Gasteiger charge is 2.16. The topological polar surface area (TPSA) is 84.9 Å². The highest BCUT2D eigenvalue weighted by molar-refractivity contribution is 7.18. The van der Waals surface area contributed by atoms with Crippen LogP contribution in [0.4, 0.5) is 0 Å². The summed E-state index contributed by atoms with van der Waals surface area (Å²) in [5.74, 6) is -0.00963. The minimum Gasteiger partial charge on any atom is -0.454 e. The monoisotopic (exact) mass is 379 g/mol. The van der Waals surface area contributed by atoms with E-state index in [1.165, 1.54) is 0 Å². The Morgan fingerprint density at radius 3 is 2.67 bits per heavy atom. The summed E-state index contributed by atoms with van der Waals surface area (Å²) in [6, 6.07) is 14.9. The first-order valence-corrected chi connectivity index (χ1v) is 9.45. The van der Waals surface area contributed by atoms with Crippen LogP contribution in [0, 0.1) is 0 Å². The van der Waals surface area contributed by atoms with Crippen LogP contribution in [-0.2, 0) is 16.0 Å². The standard InChI is InChI=1S/C20H17N3O3S/c1-12(19-22-14-7-3-2-6-13(14)20(25)23-19)26-18(24)11-10-17-21-15-8-4-5-9-16(15)27-17/h2-9,12H,10-11H2,1H3,(H,22,23,25)/t12-/m1/s1. The van der Waals surface area contributed by atoms with Crippen LogP contribution in [0.25, 0.3) is 21.1 Å². The van der Waals surface area contributed by atoms with Crippen molar-refractivity contribution in [3.05, 3.63) is 69.7 Å². The van der Waals surface area contributed by atoms with Gasteiger partial charge in [0.25, 0.3) is 5.56 Å². The molecule has 0 saturated carbocycles. The Labute approximate surface area is 158 Å². The number of nitrogens with one attached hydrogen (secondary N) is 1. The zero-order valence-corrected chi connectivity index (χ0v) is 15.5. The number of nitrogens with zero attached hydrogens (tertiary/aromatic N) is 2. The molecule has 0 spiro atoms. The number of fused-ring (bicyclic) bond motifs is 2. The molecule has 7 heteroatoms. The summed E-state index contributed by atoms with van der Waals surface area (Å²) in [7, 11) is 0. The fourth-order valence-electron chi connectivity index (χ4n) is 2.84. The van der Waals surface area contributed by atoms with E-state index in [-0.39, 0.29) is 17.9 Å². The summed E-state index contributed by atoms with van der Waals surface area (Å²) in [5.41, 5.74) is 1.28. The van der Waals surface area contributed by atoms with Crippen molar-refractivity contribution in [1.29, 1.82) is 0 Å². The number of H-pyrrole nitrogens is 1. The molecule has 2 heterocycles. The molecule has 0 saturated heterocycles. The van der Waals surface area contributed by atoms with E-state index in [2.05, 4.69) is 15.0 Å². The molecule has 136 valence electrons. The Hall–Kier alpha value is -3.06. The van der Waals surface area contributed by atoms with Crippen LogP contribution < -0.4 is 5.56 Å². The van der Waals surface area contributed by atoms with Crippen molar-refractivity contribution in [3.8, 4) is 0 Å². The molecule has 0 aliphatic carbocycles. The van der Waals surface area contributed by atoms with Crippen molar-refractivity contribution in [2.45, 2.75) is 25.9 Å². The lowest BCUT2D eigenvalue weighted by Gasteiger charge is -2.12. The second-order valence-electron chi connectivity index (χ2n) is 6.18. The summed E-state index contributed by atoms with van der Waals surface area (Å²) in [4.78, 5) is 35.9. The van der Waals surface area contributed by atoms with Gasteiger partial charge in [-0.3, -0.25) is 9.59 Å². The quantitative estimate of drug-likeness (QED) is 0.534. The third kappa shape index (κ3) is 3.73. The normalized spacial score (nSPS) is 12.3. The molecule has 0 unspecified atom stereocenters. The molecule has 0 aliphatic heterocycles. The molecular formula is C20H17N3O3S. The highest BCUT2D eigenvalue weighted by atomic mass is 32.1. The maximum Gasteiger partial charge on any atom is 0.306 e. The number of esters is 1. The Bertz CT molecular complexity index is 1150. The van der Waals surface area contributed by atoms with Gasteiger partial charge in [0.2, 0.25) is 0 Å². The number of carbonyl (C=O) groups excluding carboxylic acids is 1. The summed E-state index contributed by atoms with van der Waals surface area (Å²) in [6.45, 7) is 1.70. The number of aryl methyl sites for hydroxylation is 1. The van der Waals surface area contributed by atoms with Crippen LogP contribution >= 0.6 is 11.3 Å². The maximum atomic E-state index is 12.2. The van der Waals surface area contributed by atoms with Crippen LogP contribution in [0.3, 0.4) is 0 Å². The van der Waals surface area contributed by atoms with Gasteiger partial charge in [-0.05, 0) is 31.2 Å². The molecular weight excluding hydrogens is 362 g/mol. The summed E-state index contributed by atoms with van der Waals surface area (Å²) >= 11 is 1.58. The van der Waals surface area contributed by atoms with Gasteiger partial charge in [-0.2, -0.15) is 0 Å². The van der Waals surface area contributed by atoms with E-state index >= 15 is 0 Å². The lowest BCUT2D eigenvalue weighted by molar-refractivity contribution is -0.148. The number of rotatable bonds is 5. The fourth-order valence-corrected chi connectivity index (χ4v) is 3.81. The molecule has 1 atom stereocenters. The van der Waals surface area contributed by atoms with Gasteiger partial charge in [-0.15, -0.1) is 11.3 Å². The van der Waals surface area contributed by atoms with Gasteiger partial charge in [0, 0.05) is 6.42 Å². The minimum atomic E-state index is -0.634. The summed E-state index contributed by atoms with van der Waals surface area (Å²) in [6.07, 6.45) is 0.110. The lowest BCUT2D eigenvalue weighted by atomic mass is 10.2. The van der Waals surface area contributed by atoms with Gasteiger partial charge in [0.15, 0.2) is 11.9 Å². The molecule has 0 bridgehead atoms. The zero-order chi connectivity index (χ0) is 18.8. The molecule has 4 rings (SSSR count). The molecule has 4 aromatic rings. The summed E-state index contributed by atoms with van der Waals surface area (Å²) in [5, 5.41) is 1.41. The predicted molar refractivity (Wildman–Crippen MR) is 105 cm³/mol. The van der Waals surface area contributed by atoms with Crippen molar-refractivity contribution in [1.82, 2.24) is 15.0 Å². The SMILES string of the molecule is C[C@@H](OC(=O)CCc1nc2ccccc2s1)c1nc2ccccc2c(=O)[nH]1. The van der Waals surface area contributed by atoms with Gasteiger partial charge in [0.05, 0.1) is 32.5 Å². The third-order valence-electron chi connectivity index (χ3n) is 4.21. The number of hydrogen-bond acceptors (Lipinski definition) is 6. The van der Waals surface area contributed by atoms with Crippen molar-refractivity contribution in [2.24, 2.45) is 0 Å². The van der Waals surface area contributed by atoms with Crippen LogP contribution in [0.1, 0.15) is 30.3 Å². The molecule has 2 aromatic carbocycles. The molecule has 1 N–H and O–H groups in total. The number of ether oxygens (including phenoxy) is 1. The zero-order valence-electron chi connectivity index (χ0n) is 14.6. The van der Waals surface area contributed by atoms with Crippen molar-refractivity contribution < 1.29 is 9.53 Å². The first-order chi connectivity index (χ1) is 13.1. The van der Waals surface area contributed by atoms with Gasteiger partial charge in [0.1, 0.15) is 0 Å². The number of carbonyl (C=O) groups is 1. The average Bonchev–Trinajstić information content (AvgIpc) is 3.09. The van der Waals surface area contributed by atoms with Crippen molar-refractivity contribution in [3.63, 3.8) is 0 Å². The molecule has 0 aliphatic rings. The predicted octanol–water partition coefficient (Wildman–Crippen LogP) is 3.77. The Kier molecular flexibility index (Phi) is 4.68. The first kappa shape index (κ1) is 17.4. The maximum absolute atomic E-state index is 12.2. The van der Waals surface area contributed by atoms with Gasteiger partial charge in [-0.1, -0.05) is 24.3 Å². The lowest BCUT2D eigenvalue weighted by Crippen LogP contribution is -2.17. The van der Waals surface area contributed by atoms with E-state index in [4.69, 9.17) is 4.74 Å². The molecule has 0 amide bonds. The van der Waals surface area contributed by atoms with E-state index in [0.717, 1.165) is 15.2 Å². The number of aromatic nitrogens is 3. The summed E-state index contributed by atoms with van der Waals surface area (Å²) < 4.78 is 6.55. The van der Waals surface area contributed by atoms with E-state index in [1.807, 2.05) is 30.3 Å². The molecule has 6 nitrogen and oxygen atoms in total. The molecule has 2 aromatic heterocycles. The van der Waals surface area contributed by atoms with Crippen LogP contribution in [0.2, 0.25) is 0 Å². The number of hydrogen-bond donors (Lipinski definition) is 1. The second kappa shape index (κ2) is 7.28. The third-order valence-corrected chi connectivity index (χ3v) is 5.30. The smallest absolute Gasteiger partial charge is 0.306 e. The Balaban J connectivity index is 1.42. The van der Waals surface area contributed by atoms with E-state index in [9.17, 15) is 9.59 Å². The number of para-hydroxylation sites is 2. The van der Waals surface area contributed by atoms with Gasteiger partial charge < -0.3 is 9.72 Å². The minimum absolute atomic E-state index is 0.224. The molecule has 0 fully saturated rings. The Morgan fingerprint density at radius 1 is 1.11 bits per heavy atom. The van der Waals surface area contributed by atoms with E-state index < -0.39 is 6.10 Å². The second-order valence-corrected chi connectivity index (χ2v) is 7.29. The van der Waals surface area contributed by atoms with E-state index in [1.54, 1.807) is 36.5 Å².